The van der Waals surface area contributed by atoms with E-state index in [2.05, 4.69) is 0 Å². The van der Waals surface area contributed by atoms with Gasteiger partial charge in [0, 0.05) is 13.1 Å². The maximum absolute atomic E-state index is 12.7. The molecule has 1 N–H and O–H groups in total. The van der Waals surface area contributed by atoms with Crippen LogP contribution in [0, 0.1) is 0 Å². The molecule has 1 aromatic rings. The number of amides is 1. The van der Waals surface area contributed by atoms with Crippen LogP contribution in [-0.2, 0) is 16.1 Å². The first-order valence-corrected chi connectivity index (χ1v) is 8.95. The number of aliphatic carboxylic acids is 1. The smallest absolute Gasteiger partial charge is 0.320 e. The predicted molar refractivity (Wildman–Crippen MR) is 97.5 cm³/mol. The van der Waals surface area contributed by atoms with Crippen molar-refractivity contribution in [3.8, 4) is 11.5 Å². The number of hydrogen-bond donors (Lipinski definition) is 1. The number of likely N-dealkylation sites (N-methyl/N-ethyl adjacent to an activating group) is 1. The van der Waals surface area contributed by atoms with Crippen LogP contribution in [-0.4, -0.2) is 66.7 Å². The van der Waals surface area contributed by atoms with E-state index in [1.54, 1.807) is 24.0 Å². The average molecular weight is 364 g/mol. The summed E-state index contributed by atoms with van der Waals surface area (Å²) in [6.07, 6.45) is 2.42. The van der Waals surface area contributed by atoms with Crippen LogP contribution in [0.25, 0.3) is 0 Å². The van der Waals surface area contributed by atoms with Gasteiger partial charge in [0.25, 0.3) is 0 Å². The maximum Gasteiger partial charge on any atom is 0.320 e. The molecule has 0 bridgehead atoms. The molecule has 1 aromatic carbocycles. The van der Waals surface area contributed by atoms with E-state index >= 15 is 0 Å². The van der Waals surface area contributed by atoms with Gasteiger partial charge in [0.05, 0.1) is 20.8 Å². The van der Waals surface area contributed by atoms with Gasteiger partial charge >= 0.3 is 5.97 Å². The van der Waals surface area contributed by atoms with Gasteiger partial charge in [-0.15, -0.1) is 0 Å². The second kappa shape index (κ2) is 9.43. The van der Waals surface area contributed by atoms with E-state index in [0.717, 1.165) is 18.4 Å². The van der Waals surface area contributed by atoms with Gasteiger partial charge in [-0.05, 0) is 44.0 Å². The summed E-state index contributed by atoms with van der Waals surface area (Å²) in [7, 11) is 3.16. The van der Waals surface area contributed by atoms with Crippen molar-refractivity contribution in [2.45, 2.75) is 38.8 Å². The lowest BCUT2D eigenvalue weighted by Crippen LogP contribution is -2.49. The third kappa shape index (κ3) is 4.88. The summed E-state index contributed by atoms with van der Waals surface area (Å²) in [6.45, 7) is 3.71. The van der Waals surface area contributed by atoms with E-state index in [1.807, 2.05) is 25.1 Å². The first-order valence-electron chi connectivity index (χ1n) is 8.95. The topological polar surface area (TPSA) is 79.3 Å². The van der Waals surface area contributed by atoms with Crippen LogP contribution in [0.5, 0.6) is 11.5 Å². The molecule has 1 saturated heterocycles. The molecule has 1 heterocycles. The molecule has 0 aliphatic carbocycles. The Kier molecular flexibility index (Phi) is 7.26. The highest BCUT2D eigenvalue weighted by Gasteiger charge is 2.30. The van der Waals surface area contributed by atoms with Crippen LogP contribution in [0.4, 0.5) is 0 Å². The fraction of sp³-hybridized carbons (Fsp3) is 0.579. The van der Waals surface area contributed by atoms with E-state index in [1.165, 1.54) is 0 Å². The first-order chi connectivity index (χ1) is 12.5. The quantitative estimate of drug-likeness (QED) is 0.760. The third-order valence-corrected chi connectivity index (χ3v) is 4.79. The van der Waals surface area contributed by atoms with E-state index < -0.39 is 12.0 Å². The zero-order valence-corrected chi connectivity index (χ0v) is 15.7. The summed E-state index contributed by atoms with van der Waals surface area (Å²) < 4.78 is 10.5. The number of nitrogens with zero attached hydrogens (tertiary/aromatic N) is 2. The van der Waals surface area contributed by atoms with Gasteiger partial charge in [-0.1, -0.05) is 12.5 Å². The molecule has 7 heteroatoms. The zero-order valence-electron chi connectivity index (χ0n) is 15.7. The van der Waals surface area contributed by atoms with E-state index in [-0.39, 0.29) is 12.5 Å². The van der Waals surface area contributed by atoms with Crippen LogP contribution in [0.15, 0.2) is 18.2 Å². The van der Waals surface area contributed by atoms with Gasteiger partial charge < -0.3 is 19.5 Å². The molecule has 1 amide bonds. The number of benzene rings is 1. The van der Waals surface area contributed by atoms with Gasteiger partial charge in [-0.25, -0.2) is 0 Å². The van der Waals surface area contributed by atoms with Crippen molar-refractivity contribution < 1.29 is 24.2 Å². The van der Waals surface area contributed by atoms with Crippen LogP contribution in [0.3, 0.4) is 0 Å². The summed E-state index contributed by atoms with van der Waals surface area (Å²) in [5.41, 5.74) is 0.936. The molecular weight excluding hydrogens is 336 g/mol. The number of carbonyl (C=O) groups excluding carboxylic acids is 1. The molecule has 1 unspecified atom stereocenters. The summed E-state index contributed by atoms with van der Waals surface area (Å²) in [6, 6.07) is 5.01. The van der Waals surface area contributed by atoms with Crippen molar-refractivity contribution in [1.29, 1.82) is 0 Å². The Hall–Kier alpha value is -2.28. The minimum Gasteiger partial charge on any atom is -0.493 e. The van der Waals surface area contributed by atoms with Crippen molar-refractivity contribution in [3.63, 3.8) is 0 Å². The summed E-state index contributed by atoms with van der Waals surface area (Å²) >= 11 is 0. The fourth-order valence-electron chi connectivity index (χ4n) is 3.31. The molecule has 0 radical (unpaired) electrons. The van der Waals surface area contributed by atoms with Crippen LogP contribution in [0.2, 0.25) is 0 Å². The number of ether oxygens (including phenoxy) is 2. The number of likely N-dealkylation sites (tertiary alicyclic amines) is 1. The highest BCUT2D eigenvalue weighted by Crippen LogP contribution is 2.28. The van der Waals surface area contributed by atoms with Crippen LogP contribution >= 0.6 is 0 Å². The second-order valence-corrected chi connectivity index (χ2v) is 6.42. The Morgan fingerprint density at radius 2 is 1.96 bits per heavy atom. The molecular formula is C19H28N2O5. The minimum atomic E-state index is -0.847. The summed E-state index contributed by atoms with van der Waals surface area (Å²) in [5.74, 6) is 0.356. The molecule has 0 saturated carbocycles. The van der Waals surface area contributed by atoms with Crippen molar-refractivity contribution >= 4 is 11.9 Å². The lowest BCUT2D eigenvalue weighted by molar-refractivity contribution is -0.146. The monoisotopic (exact) mass is 364 g/mol. The van der Waals surface area contributed by atoms with Crippen LogP contribution < -0.4 is 9.47 Å². The SMILES string of the molecule is CCN(Cc1ccc(OC)c(OC)c1)C(=O)CN1CCCCC1C(=O)O. The number of rotatable bonds is 8. The van der Waals surface area contributed by atoms with Crippen molar-refractivity contribution in [1.82, 2.24) is 9.80 Å². The highest BCUT2D eigenvalue weighted by atomic mass is 16.5. The van der Waals surface area contributed by atoms with E-state index in [9.17, 15) is 14.7 Å². The zero-order chi connectivity index (χ0) is 19.1. The van der Waals surface area contributed by atoms with Gasteiger partial charge in [0.2, 0.25) is 5.91 Å². The number of methoxy groups -OCH3 is 2. The number of carboxylic acid groups (broad SMARTS) is 1. The molecule has 7 nitrogen and oxygen atoms in total. The third-order valence-electron chi connectivity index (χ3n) is 4.79. The molecule has 1 atom stereocenters. The maximum atomic E-state index is 12.7. The number of carboxylic acids is 1. The second-order valence-electron chi connectivity index (χ2n) is 6.42. The van der Waals surface area contributed by atoms with Gasteiger partial charge in [0.1, 0.15) is 6.04 Å². The molecule has 0 spiro atoms. The van der Waals surface area contributed by atoms with Crippen molar-refractivity contribution in [2.24, 2.45) is 0 Å². The Balaban J connectivity index is 2.05. The fourth-order valence-corrected chi connectivity index (χ4v) is 3.31. The number of carbonyl (C=O) groups is 2. The molecule has 0 aromatic heterocycles. The minimum absolute atomic E-state index is 0.0598. The largest absolute Gasteiger partial charge is 0.493 e. The molecule has 1 fully saturated rings. The number of hydrogen-bond acceptors (Lipinski definition) is 5. The van der Waals surface area contributed by atoms with Crippen LogP contribution in [0.1, 0.15) is 31.7 Å². The Morgan fingerprint density at radius 3 is 2.58 bits per heavy atom. The average Bonchev–Trinajstić information content (AvgIpc) is 2.65. The first kappa shape index (κ1) is 20.0. The van der Waals surface area contributed by atoms with E-state index in [4.69, 9.17) is 9.47 Å². The lowest BCUT2D eigenvalue weighted by atomic mass is 10.0. The summed E-state index contributed by atoms with van der Waals surface area (Å²) in [4.78, 5) is 27.7. The standard InChI is InChI=1S/C19H28N2O5/c1-4-20(12-14-8-9-16(25-2)17(11-14)26-3)18(22)13-21-10-6-5-7-15(21)19(23)24/h8-9,11,15H,4-7,10,12-13H2,1-3H3,(H,23,24). The Labute approximate surface area is 154 Å². The molecule has 1 aliphatic rings. The highest BCUT2D eigenvalue weighted by molar-refractivity contribution is 5.80. The molecule has 2 rings (SSSR count). The summed E-state index contributed by atoms with van der Waals surface area (Å²) in [5, 5.41) is 9.37. The van der Waals surface area contributed by atoms with Crippen molar-refractivity contribution in [2.75, 3.05) is 33.9 Å². The van der Waals surface area contributed by atoms with Gasteiger partial charge in [0.15, 0.2) is 11.5 Å². The Bertz CT molecular complexity index is 634. The molecule has 1 aliphatic heterocycles. The van der Waals surface area contributed by atoms with Gasteiger partial charge in [-0.2, -0.15) is 0 Å². The normalized spacial score (nSPS) is 17.6. The molecule has 26 heavy (non-hydrogen) atoms. The Morgan fingerprint density at radius 1 is 1.23 bits per heavy atom. The predicted octanol–water partition coefficient (Wildman–Crippen LogP) is 1.99. The lowest BCUT2D eigenvalue weighted by Gasteiger charge is -2.34. The van der Waals surface area contributed by atoms with Gasteiger partial charge in [-0.3, -0.25) is 14.5 Å². The number of piperidine rings is 1. The van der Waals surface area contributed by atoms with E-state index in [0.29, 0.717) is 37.6 Å². The van der Waals surface area contributed by atoms with Crippen molar-refractivity contribution in [3.05, 3.63) is 23.8 Å². The molecule has 144 valence electrons.